The fourth-order valence-corrected chi connectivity index (χ4v) is 8.47. The van der Waals surface area contributed by atoms with Crippen molar-refractivity contribution in [1.29, 1.82) is 0 Å². The van der Waals surface area contributed by atoms with E-state index in [1.165, 1.54) is 42.0 Å². The molecule has 2 saturated heterocycles. The average Bonchev–Trinajstić information content (AvgIpc) is 3.66. The van der Waals surface area contributed by atoms with Crippen LogP contribution in [0.5, 0.6) is 0 Å². The molecule has 3 atom stereocenters. The molecule has 6 rings (SSSR count). The van der Waals surface area contributed by atoms with Crippen LogP contribution in [0.2, 0.25) is 5.02 Å². The lowest BCUT2D eigenvalue weighted by Gasteiger charge is -2.41. The molecule has 1 aliphatic carbocycles. The Kier molecular flexibility index (Phi) is 7.61. The van der Waals surface area contributed by atoms with Crippen molar-refractivity contribution in [3.05, 3.63) is 59.2 Å². The van der Waals surface area contributed by atoms with E-state index in [-0.39, 0.29) is 22.0 Å². The number of carbonyl (C=O) groups excluding carboxylic acids is 1. The normalized spacial score (nSPS) is 24.3. The summed E-state index contributed by atoms with van der Waals surface area (Å²) in [6.07, 6.45) is 9.20. The number of benzene rings is 2. The number of hydrogen-bond donors (Lipinski definition) is 1. The molecule has 1 saturated carbocycles. The molecule has 3 unspecified atom stereocenters. The number of amides is 1. The zero-order valence-corrected chi connectivity index (χ0v) is 24.6. The minimum absolute atomic E-state index is 0.175. The Bertz CT molecular complexity index is 1520. The fourth-order valence-electron chi connectivity index (χ4n) is 7.11. The maximum Gasteiger partial charge on any atom is 0.298 e. The number of nitrogens with zero attached hydrogens (tertiary/aromatic N) is 3. The second kappa shape index (κ2) is 10.9. The Morgan fingerprint density at radius 3 is 2.39 bits per heavy atom. The Labute approximate surface area is 244 Å². The third-order valence-electron chi connectivity index (χ3n) is 9.16. The Balaban J connectivity index is 1.32. The van der Waals surface area contributed by atoms with Gasteiger partial charge in [0.1, 0.15) is 0 Å². The van der Waals surface area contributed by atoms with Crippen LogP contribution in [0.3, 0.4) is 0 Å². The van der Waals surface area contributed by atoms with Crippen LogP contribution in [0.15, 0.2) is 53.6 Å². The van der Waals surface area contributed by atoms with Crippen LogP contribution in [-0.2, 0) is 27.3 Å². The van der Waals surface area contributed by atoms with Gasteiger partial charge in [0.2, 0.25) is 15.9 Å². The smallest absolute Gasteiger partial charge is 0.298 e. The number of sulfonamides is 1. The molecule has 3 fully saturated rings. The average molecular weight is 605 g/mol. The maximum atomic E-state index is 16.2. The van der Waals surface area contributed by atoms with Crippen LogP contribution in [0.1, 0.15) is 63.9 Å². The molecular formula is C30H35ClF2N4O3S. The van der Waals surface area contributed by atoms with Gasteiger partial charge >= 0.3 is 0 Å². The van der Waals surface area contributed by atoms with E-state index < -0.39 is 33.5 Å². The number of hydrogen-bond acceptors (Lipinski definition) is 4. The minimum Gasteiger partial charge on any atom is -0.335 e. The predicted molar refractivity (Wildman–Crippen MR) is 153 cm³/mol. The number of piperidine rings is 1. The van der Waals surface area contributed by atoms with Crippen LogP contribution in [0.25, 0.3) is 10.9 Å². The first-order chi connectivity index (χ1) is 19.5. The molecule has 41 heavy (non-hydrogen) atoms. The van der Waals surface area contributed by atoms with Crippen molar-refractivity contribution in [2.24, 2.45) is 11.8 Å². The number of fused-ring (bicyclic) bond motifs is 3. The van der Waals surface area contributed by atoms with Crippen molar-refractivity contribution in [3.63, 3.8) is 0 Å². The van der Waals surface area contributed by atoms with Gasteiger partial charge in [0.05, 0.1) is 16.6 Å². The van der Waals surface area contributed by atoms with Gasteiger partial charge in [-0.25, -0.2) is 8.42 Å². The van der Waals surface area contributed by atoms with Gasteiger partial charge < -0.3 is 4.90 Å². The lowest BCUT2D eigenvalue weighted by molar-refractivity contribution is -0.149. The fraction of sp³-hybridized carbons (Fsp3) is 0.533. The summed E-state index contributed by atoms with van der Waals surface area (Å²) in [6, 6.07) is 6.71. The molecule has 1 N–H and O–H groups in total. The summed E-state index contributed by atoms with van der Waals surface area (Å²) in [5.41, 5.74) is 0.304. The molecular weight excluding hydrogens is 570 g/mol. The second-order valence-corrected chi connectivity index (χ2v) is 14.2. The van der Waals surface area contributed by atoms with Crippen LogP contribution >= 0.6 is 11.6 Å². The van der Waals surface area contributed by atoms with Gasteiger partial charge in [0, 0.05) is 34.6 Å². The van der Waals surface area contributed by atoms with E-state index in [1.807, 2.05) is 4.68 Å². The summed E-state index contributed by atoms with van der Waals surface area (Å²) in [7, 11) is -4.51. The summed E-state index contributed by atoms with van der Waals surface area (Å²) in [6.45, 7) is 2.86. The molecule has 1 amide bonds. The van der Waals surface area contributed by atoms with Crippen molar-refractivity contribution < 1.29 is 22.0 Å². The molecule has 2 bridgehead atoms. The van der Waals surface area contributed by atoms with Crippen molar-refractivity contribution in [2.45, 2.75) is 93.8 Å². The Morgan fingerprint density at radius 2 is 1.73 bits per heavy atom. The second-order valence-electron chi connectivity index (χ2n) is 12.1. The Morgan fingerprint density at radius 1 is 1.07 bits per heavy atom. The van der Waals surface area contributed by atoms with Gasteiger partial charge in [-0.1, -0.05) is 43.5 Å². The van der Waals surface area contributed by atoms with Crippen molar-refractivity contribution in [2.75, 3.05) is 0 Å². The molecule has 0 spiro atoms. The van der Waals surface area contributed by atoms with Crippen molar-refractivity contribution in [3.8, 4) is 0 Å². The molecule has 2 aromatic carbocycles. The molecule has 3 heterocycles. The predicted octanol–water partition coefficient (Wildman–Crippen LogP) is 6.11. The standard InChI is InChI=1S/C30H35ClF2N4O3S/c1-19-14-24-10-11-25(15-19)37(24)29(38)28(30(32,33)22-6-8-23(31)9-7-22)35-41(39,40)26-12-13-27-21(16-26)17-34-36(27)18-20-4-2-3-5-20/h6-9,12-13,16-17,19-20,24-25,28,35H,2-5,10-11,14-15,18H2,1H3. The number of alkyl halides is 2. The summed E-state index contributed by atoms with van der Waals surface area (Å²) >= 11 is 5.93. The highest BCUT2D eigenvalue weighted by Crippen LogP contribution is 2.42. The third-order valence-corrected chi connectivity index (χ3v) is 10.8. The highest BCUT2D eigenvalue weighted by atomic mass is 35.5. The summed E-state index contributed by atoms with van der Waals surface area (Å²) in [5, 5.41) is 5.32. The first-order valence-electron chi connectivity index (χ1n) is 14.5. The quantitative estimate of drug-likeness (QED) is 0.336. The highest BCUT2D eigenvalue weighted by molar-refractivity contribution is 7.89. The molecule has 3 aromatic rings. The van der Waals surface area contributed by atoms with E-state index in [2.05, 4.69) is 16.7 Å². The van der Waals surface area contributed by atoms with Crippen LogP contribution in [0, 0.1) is 11.8 Å². The van der Waals surface area contributed by atoms with E-state index >= 15 is 8.78 Å². The zero-order chi connectivity index (χ0) is 28.9. The summed E-state index contributed by atoms with van der Waals surface area (Å²) in [4.78, 5) is 15.3. The summed E-state index contributed by atoms with van der Waals surface area (Å²) < 4.78 is 63.7. The third kappa shape index (κ3) is 5.50. The molecule has 11 heteroatoms. The molecule has 3 aliphatic rings. The number of aromatic nitrogens is 2. The van der Waals surface area contributed by atoms with E-state index in [0.717, 1.165) is 62.7 Å². The lowest BCUT2D eigenvalue weighted by atomic mass is 9.91. The van der Waals surface area contributed by atoms with Crippen LogP contribution < -0.4 is 4.72 Å². The van der Waals surface area contributed by atoms with Gasteiger partial charge in [-0.05, 0) is 80.7 Å². The van der Waals surface area contributed by atoms with Gasteiger partial charge in [0.15, 0.2) is 6.04 Å². The van der Waals surface area contributed by atoms with E-state index in [0.29, 0.717) is 17.2 Å². The first kappa shape index (κ1) is 28.6. The van der Waals surface area contributed by atoms with Gasteiger partial charge in [-0.3, -0.25) is 9.48 Å². The monoisotopic (exact) mass is 604 g/mol. The van der Waals surface area contributed by atoms with Crippen LogP contribution in [-0.4, -0.2) is 47.1 Å². The molecule has 7 nitrogen and oxygen atoms in total. The maximum absolute atomic E-state index is 16.2. The lowest BCUT2D eigenvalue weighted by Crippen LogP contribution is -2.59. The van der Waals surface area contributed by atoms with E-state index in [1.54, 1.807) is 12.3 Å². The topological polar surface area (TPSA) is 84.3 Å². The molecule has 0 radical (unpaired) electrons. The largest absolute Gasteiger partial charge is 0.335 e. The van der Waals surface area contributed by atoms with Gasteiger partial charge in [0.25, 0.3) is 5.92 Å². The molecule has 2 aliphatic heterocycles. The van der Waals surface area contributed by atoms with E-state index in [9.17, 15) is 13.2 Å². The molecule has 220 valence electrons. The number of rotatable bonds is 8. The molecule has 1 aromatic heterocycles. The minimum atomic E-state index is -4.51. The van der Waals surface area contributed by atoms with Crippen molar-refractivity contribution >= 4 is 38.4 Å². The number of halogens is 3. The van der Waals surface area contributed by atoms with Gasteiger partial charge in [-0.15, -0.1) is 0 Å². The van der Waals surface area contributed by atoms with Crippen molar-refractivity contribution in [1.82, 2.24) is 19.4 Å². The number of nitrogens with one attached hydrogen (secondary N) is 1. The highest BCUT2D eigenvalue weighted by Gasteiger charge is 2.53. The first-order valence-corrected chi connectivity index (χ1v) is 16.3. The van der Waals surface area contributed by atoms with Crippen LogP contribution in [0.4, 0.5) is 8.78 Å². The SMILES string of the molecule is CC1CC2CCC(C1)N2C(=O)C(NS(=O)(=O)c1ccc2c(cnn2CC2CCCC2)c1)C(F)(F)c1ccc(Cl)cc1. The number of carbonyl (C=O) groups is 1. The van der Waals surface area contributed by atoms with Gasteiger partial charge in [-0.2, -0.15) is 18.6 Å². The summed E-state index contributed by atoms with van der Waals surface area (Å²) in [5.74, 6) is -3.80. The zero-order valence-electron chi connectivity index (χ0n) is 23.0. The van der Waals surface area contributed by atoms with E-state index in [4.69, 9.17) is 11.6 Å². The Hall–Kier alpha value is -2.56.